The molecule has 0 radical (unpaired) electrons. The molecule has 1 aliphatic rings. The van der Waals surface area contributed by atoms with Crippen LogP contribution in [0.3, 0.4) is 0 Å². The van der Waals surface area contributed by atoms with Crippen LogP contribution in [0.1, 0.15) is 19.4 Å². The van der Waals surface area contributed by atoms with Gasteiger partial charge in [-0.2, -0.15) is 0 Å². The van der Waals surface area contributed by atoms with Gasteiger partial charge in [0.25, 0.3) is 0 Å². The fourth-order valence-electron chi connectivity index (χ4n) is 2.24. The summed E-state index contributed by atoms with van der Waals surface area (Å²) in [4.78, 5) is 3.88. The quantitative estimate of drug-likeness (QED) is 0.874. The molecule has 0 saturated carbocycles. The van der Waals surface area contributed by atoms with Gasteiger partial charge in [0.2, 0.25) is 0 Å². The van der Waals surface area contributed by atoms with Gasteiger partial charge in [0.1, 0.15) is 0 Å². The highest BCUT2D eigenvalue weighted by molar-refractivity contribution is 7.99. The maximum absolute atomic E-state index is 5.92. The van der Waals surface area contributed by atoms with Crippen LogP contribution in [0.4, 0.5) is 5.69 Å². The highest BCUT2D eigenvalue weighted by Crippen LogP contribution is 2.37. The van der Waals surface area contributed by atoms with Crippen molar-refractivity contribution in [3.8, 4) is 0 Å². The third kappa shape index (κ3) is 2.36. The van der Waals surface area contributed by atoms with Crippen molar-refractivity contribution in [3.63, 3.8) is 0 Å². The van der Waals surface area contributed by atoms with E-state index < -0.39 is 0 Å². The molecule has 0 aliphatic carbocycles. The Morgan fingerprint density at radius 1 is 1.50 bits per heavy atom. The van der Waals surface area contributed by atoms with E-state index >= 15 is 0 Å². The molecule has 1 aromatic rings. The molecule has 0 aromatic heterocycles. The van der Waals surface area contributed by atoms with E-state index in [0.29, 0.717) is 0 Å². The van der Waals surface area contributed by atoms with Crippen molar-refractivity contribution >= 4 is 17.4 Å². The second-order valence-corrected chi connectivity index (χ2v) is 5.53. The third-order valence-corrected chi connectivity index (χ3v) is 3.93. The number of anilines is 1. The Morgan fingerprint density at radius 3 is 3.00 bits per heavy atom. The third-order valence-electron chi connectivity index (χ3n) is 2.91. The van der Waals surface area contributed by atoms with Crippen molar-refractivity contribution < 1.29 is 0 Å². The lowest BCUT2D eigenvalue weighted by Gasteiger charge is -2.33. The van der Waals surface area contributed by atoms with Crippen LogP contribution in [0.15, 0.2) is 23.1 Å². The molecule has 1 unspecified atom stereocenters. The molecular formula is C13H20N2S. The van der Waals surface area contributed by atoms with Crippen LogP contribution in [-0.2, 0) is 6.42 Å². The number of aryl methyl sites for hydroxylation is 1. The van der Waals surface area contributed by atoms with Crippen molar-refractivity contribution in [2.24, 2.45) is 5.73 Å². The monoisotopic (exact) mass is 236 g/mol. The van der Waals surface area contributed by atoms with Gasteiger partial charge in [0, 0.05) is 29.8 Å². The van der Waals surface area contributed by atoms with Crippen LogP contribution in [0.25, 0.3) is 0 Å². The minimum Gasteiger partial charge on any atom is -0.368 e. The minimum absolute atomic E-state index is 0.237. The zero-order valence-corrected chi connectivity index (χ0v) is 10.9. The summed E-state index contributed by atoms with van der Waals surface area (Å²) in [7, 11) is 0. The van der Waals surface area contributed by atoms with E-state index in [9.17, 15) is 0 Å². The number of para-hydroxylation sites is 1. The highest BCUT2D eigenvalue weighted by Gasteiger charge is 2.20. The van der Waals surface area contributed by atoms with Crippen molar-refractivity contribution in [2.75, 3.05) is 23.7 Å². The summed E-state index contributed by atoms with van der Waals surface area (Å²) in [6, 6.07) is 6.87. The second-order valence-electron chi connectivity index (χ2n) is 4.39. The molecule has 88 valence electrons. The number of rotatable bonds is 3. The van der Waals surface area contributed by atoms with E-state index in [0.717, 1.165) is 19.5 Å². The molecule has 1 aromatic carbocycles. The Bertz CT molecular complexity index is 349. The first kappa shape index (κ1) is 11.8. The SMILES string of the molecule is CCc1cccc2c1N(CC(C)N)CCS2. The fourth-order valence-corrected chi connectivity index (χ4v) is 3.34. The van der Waals surface area contributed by atoms with Gasteiger partial charge in [0.15, 0.2) is 0 Å². The van der Waals surface area contributed by atoms with Gasteiger partial charge < -0.3 is 10.6 Å². The van der Waals surface area contributed by atoms with Crippen molar-refractivity contribution in [1.82, 2.24) is 0 Å². The number of thioether (sulfide) groups is 1. The van der Waals surface area contributed by atoms with E-state index in [4.69, 9.17) is 5.73 Å². The number of nitrogens with two attached hydrogens (primary N) is 1. The Labute approximate surface area is 102 Å². The maximum Gasteiger partial charge on any atom is 0.0537 e. The van der Waals surface area contributed by atoms with Crippen molar-refractivity contribution in [2.45, 2.75) is 31.2 Å². The molecule has 0 bridgehead atoms. The van der Waals surface area contributed by atoms with Crippen molar-refractivity contribution in [3.05, 3.63) is 23.8 Å². The number of fused-ring (bicyclic) bond motifs is 1. The molecule has 2 N–H and O–H groups in total. The molecule has 0 spiro atoms. The predicted octanol–water partition coefficient (Wildman–Crippen LogP) is 2.51. The van der Waals surface area contributed by atoms with Gasteiger partial charge in [-0.25, -0.2) is 0 Å². The lowest BCUT2D eigenvalue weighted by molar-refractivity contribution is 0.681. The molecule has 3 heteroatoms. The number of hydrogen-bond donors (Lipinski definition) is 1. The molecule has 0 saturated heterocycles. The zero-order valence-electron chi connectivity index (χ0n) is 10.1. The summed E-state index contributed by atoms with van der Waals surface area (Å²) >= 11 is 1.97. The predicted molar refractivity (Wildman–Crippen MR) is 72.4 cm³/mol. The molecule has 1 atom stereocenters. The van der Waals surface area contributed by atoms with Gasteiger partial charge in [-0.1, -0.05) is 19.1 Å². The Kier molecular flexibility index (Phi) is 3.77. The summed E-state index contributed by atoms with van der Waals surface area (Å²) in [6.45, 7) is 6.38. The Hall–Kier alpha value is -0.670. The molecule has 0 fully saturated rings. The number of benzene rings is 1. The van der Waals surface area contributed by atoms with Crippen LogP contribution in [0.5, 0.6) is 0 Å². The minimum atomic E-state index is 0.237. The number of hydrogen-bond acceptors (Lipinski definition) is 3. The highest BCUT2D eigenvalue weighted by atomic mass is 32.2. The fraction of sp³-hybridized carbons (Fsp3) is 0.538. The van der Waals surface area contributed by atoms with Gasteiger partial charge in [-0.05, 0) is 25.0 Å². The van der Waals surface area contributed by atoms with Gasteiger partial charge in [-0.3, -0.25) is 0 Å². The van der Waals surface area contributed by atoms with Gasteiger partial charge >= 0.3 is 0 Å². The number of nitrogens with zero attached hydrogens (tertiary/aromatic N) is 1. The van der Waals surface area contributed by atoms with Gasteiger partial charge in [-0.15, -0.1) is 11.8 Å². The normalized spacial score (nSPS) is 17.1. The lowest BCUT2D eigenvalue weighted by Crippen LogP contribution is -2.39. The average molecular weight is 236 g/mol. The molecule has 0 amide bonds. The maximum atomic E-state index is 5.92. The molecule has 16 heavy (non-hydrogen) atoms. The molecule has 1 heterocycles. The van der Waals surface area contributed by atoms with E-state index in [1.165, 1.54) is 21.9 Å². The average Bonchev–Trinajstić information content (AvgIpc) is 2.28. The van der Waals surface area contributed by atoms with Crippen LogP contribution in [0, 0.1) is 0 Å². The van der Waals surface area contributed by atoms with E-state index in [1.54, 1.807) is 0 Å². The Balaban J connectivity index is 2.35. The summed E-state index contributed by atoms with van der Waals surface area (Å²) in [6.07, 6.45) is 1.10. The molecule has 2 nitrogen and oxygen atoms in total. The smallest absolute Gasteiger partial charge is 0.0537 e. The van der Waals surface area contributed by atoms with E-state index in [1.807, 2.05) is 11.8 Å². The summed E-state index contributed by atoms with van der Waals surface area (Å²) in [5, 5.41) is 0. The summed E-state index contributed by atoms with van der Waals surface area (Å²) in [5.74, 6) is 1.17. The first-order valence-electron chi connectivity index (χ1n) is 5.97. The standard InChI is InChI=1S/C13H20N2S/c1-3-11-5-4-6-12-13(11)15(7-8-16-12)9-10(2)14/h4-6,10H,3,7-9,14H2,1-2H3. The molecule has 2 rings (SSSR count). The van der Waals surface area contributed by atoms with Crippen molar-refractivity contribution in [1.29, 1.82) is 0 Å². The van der Waals surface area contributed by atoms with Crippen LogP contribution < -0.4 is 10.6 Å². The lowest BCUT2D eigenvalue weighted by atomic mass is 10.1. The van der Waals surface area contributed by atoms with Crippen LogP contribution in [0.2, 0.25) is 0 Å². The van der Waals surface area contributed by atoms with E-state index in [2.05, 4.69) is 36.9 Å². The molecule has 1 aliphatic heterocycles. The summed E-state index contributed by atoms with van der Waals surface area (Å²) in [5.41, 5.74) is 8.80. The van der Waals surface area contributed by atoms with E-state index in [-0.39, 0.29) is 6.04 Å². The van der Waals surface area contributed by atoms with Crippen LogP contribution >= 0.6 is 11.8 Å². The second kappa shape index (κ2) is 5.11. The molecular weight excluding hydrogens is 216 g/mol. The zero-order chi connectivity index (χ0) is 11.5. The topological polar surface area (TPSA) is 29.3 Å². The van der Waals surface area contributed by atoms with Crippen LogP contribution in [-0.4, -0.2) is 24.9 Å². The first-order valence-corrected chi connectivity index (χ1v) is 6.96. The van der Waals surface area contributed by atoms with Gasteiger partial charge in [0.05, 0.1) is 5.69 Å². The Morgan fingerprint density at radius 2 is 2.31 bits per heavy atom. The largest absolute Gasteiger partial charge is 0.368 e. The first-order chi connectivity index (χ1) is 7.72. The summed E-state index contributed by atoms with van der Waals surface area (Å²) < 4.78 is 0.